The van der Waals surface area contributed by atoms with Crippen molar-refractivity contribution in [3.05, 3.63) is 47.2 Å². The highest BCUT2D eigenvalue weighted by molar-refractivity contribution is 6.32. The second-order valence-electron chi connectivity index (χ2n) is 3.82. The summed E-state index contributed by atoms with van der Waals surface area (Å²) >= 11 is 5.95. The summed E-state index contributed by atoms with van der Waals surface area (Å²) < 4.78 is 1.88. The van der Waals surface area contributed by atoms with Crippen LogP contribution in [0.3, 0.4) is 0 Å². The van der Waals surface area contributed by atoms with Gasteiger partial charge < -0.3 is 5.32 Å². The van der Waals surface area contributed by atoms with Crippen LogP contribution in [0.15, 0.2) is 36.7 Å². The van der Waals surface area contributed by atoms with Gasteiger partial charge in [-0.1, -0.05) is 17.7 Å². The molecule has 2 rings (SSSR count). The predicted octanol–water partition coefficient (Wildman–Crippen LogP) is 2.91. The Kier molecular flexibility index (Phi) is 4.21. The average molecular weight is 261 g/mol. The summed E-state index contributed by atoms with van der Waals surface area (Å²) in [6, 6.07) is 9.42. The van der Waals surface area contributed by atoms with Crippen molar-refractivity contribution < 1.29 is 0 Å². The molecule has 1 aromatic heterocycles. The van der Waals surface area contributed by atoms with Gasteiger partial charge in [-0.05, 0) is 24.6 Å². The van der Waals surface area contributed by atoms with Crippen molar-refractivity contribution in [2.75, 3.05) is 11.9 Å². The number of rotatable bonds is 5. The Labute approximate surface area is 111 Å². The molecule has 0 amide bonds. The molecule has 0 aliphatic heterocycles. The number of anilines is 1. The van der Waals surface area contributed by atoms with Crippen molar-refractivity contribution in [2.24, 2.45) is 0 Å². The lowest BCUT2D eigenvalue weighted by Gasteiger charge is -2.09. The van der Waals surface area contributed by atoms with Crippen molar-refractivity contribution >= 4 is 17.3 Å². The minimum absolute atomic E-state index is 0.481. The molecule has 0 bridgehead atoms. The lowest BCUT2D eigenvalue weighted by atomic mass is 10.2. The normalized spacial score (nSPS) is 10.0. The summed E-state index contributed by atoms with van der Waals surface area (Å²) in [6.07, 6.45) is 4.62. The molecule has 0 saturated carbocycles. The van der Waals surface area contributed by atoms with Crippen molar-refractivity contribution in [1.82, 2.24) is 9.78 Å². The van der Waals surface area contributed by atoms with Crippen molar-refractivity contribution in [3.63, 3.8) is 0 Å². The van der Waals surface area contributed by atoms with Crippen molar-refractivity contribution in [2.45, 2.75) is 13.0 Å². The molecular formula is C13H13ClN4. The highest BCUT2D eigenvalue weighted by Gasteiger charge is 2.04. The lowest BCUT2D eigenvalue weighted by molar-refractivity contribution is 0.592. The van der Waals surface area contributed by atoms with E-state index in [-0.39, 0.29) is 0 Å². The maximum atomic E-state index is 9.02. The summed E-state index contributed by atoms with van der Waals surface area (Å²) in [5.41, 5.74) is 1.28. The molecular weight excluding hydrogens is 248 g/mol. The fraction of sp³-hybridized carbons (Fsp3) is 0.231. The zero-order valence-electron chi connectivity index (χ0n) is 9.81. The molecule has 1 heterocycles. The van der Waals surface area contributed by atoms with Gasteiger partial charge in [0.15, 0.2) is 0 Å². The first kappa shape index (κ1) is 12.5. The second kappa shape index (κ2) is 6.08. The number of benzene rings is 1. The number of aromatic nitrogens is 2. The smallest absolute Gasteiger partial charge is 0.103 e. The molecule has 0 fully saturated rings. The van der Waals surface area contributed by atoms with Gasteiger partial charge in [0.1, 0.15) is 6.07 Å². The van der Waals surface area contributed by atoms with Crippen LogP contribution in [0.25, 0.3) is 0 Å². The summed E-state index contributed by atoms with van der Waals surface area (Å²) in [7, 11) is 0. The first-order valence-electron chi connectivity index (χ1n) is 5.71. The highest BCUT2D eigenvalue weighted by atomic mass is 35.5. The Morgan fingerprint density at radius 3 is 3.00 bits per heavy atom. The predicted molar refractivity (Wildman–Crippen MR) is 71.5 cm³/mol. The highest BCUT2D eigenvalue weighted by Crippen LogP contribution is 2.23. The third-order valence-corrected chi connectivity index (χ3v) is 2.88. The number of nitrogens with zero attached hydrogens (tertiary/aromatic N) is 3. The molecule has 0 radical (unpaired) electrons. The van der Waals surface area contributed by atoms with Crippen LogP contribution >= 0.6 is 11.6 Å². The third kappa shape index (κ3) is 3.02. The largest absolute Gasteiger partial charge is 0.384 e. The van der Waals surface area contributed by atoms with Gasteiger partial charge in [0, 0.05) is 25.5 Å². The number of hydrogen-bond acceptors (Lipinski definition) is 3. The SMILES string of the molecule is N#Cc1c(Cl)cccc1NCCCn1cccn1. The Morgan fingerprint density at radius 1 is 1.39 bits per heavy atom. The quantitative estimate of drug-likeness (QED) is 0.841. The van der Waals surface area contributed by atoms with Gasteiger partial charge in [0.25, 0.3) is 0 Å². The Hall–Kier alpha value is -1.99. The number of aryl methyl sites for hydroxylation is 1. The van der Waals surface area contributed by atoms with E-state index in [1.54, 1.807) is 12.3 Å². The molecule has 0 unspecified atom stereocenters. The standard InChI is InChI=1S/C13H13ClN4/c14-12-4-1-5-13(11(12)10-15)16-6-2-8-18-9-3-7-17-18/h1,3-5,7,9,16H,2,6,8H2. The summed E-state index contributed by atoms with van der Waals surface area (Å²) in [6.45, 7) is 1.62. The van der Waals surface area contributed by atoms with Gasteiger partial charge in [-0.3, -0.25) is 4.68 Å². The van der Waals surface area contributed by atoms with Crippen LogP contribution < -0.4 is 5.32 Å². The van der Waals surface area contributed by atoms with Crippen LogP contribution in [0.2, 0.25) is 5.02 Å². The summed E-state index contributed by atoms with van der Waals surface area (Å²) in [5.74, 6) is 0. The molecule has 1 N–H and O–H groups in total. The molecule has 0 aliphatic rings. The number of nitriles is 1. The first-order valence-corrected chi connectivity index (χ1v) is 6.09. The fourth-order valence-corrected chi connectivity index (χ4v) is 1.90. The van der Waals surface area contributed by atoms with E-state index >= 15 is 0 Å². The zero-order chi connectivity index (χ0) is 12.8. The Bertz CT molecular complexity index is 543. The van der Waals surface area contributed by atoms with Crippen LogP contribution in [-0.2, 0) is 6.54 Å². The van der Waals surface area contributed by atoms with Gasteiger partial charge in [0.05, 0.1) is 16.3 Å². The van der Waals surface area contributed by atoms with Crippen LogP contribution in [-0.4, -0.2) is 16.3 Å². The summed E-state index contributed by atoms with van der Waals surface area (Å²) in [5, 5.41) is 16.8. The second-order valence-corrected chi connectivity index (χ2v) is 4.23. The van der Waals surface area contributed by atoms with E-state index in [1.165, 1.54) is 0 Å². The topological polar surface area (TPSA) is 53.6 Å². The van der Waals surface area contributed by atoms with E-state index in [0.717, 1.165) is 25.2 Å². The third-order valence-electron chi connectivity index (χ3n) is 2.56. The maximum Gasteiger partial charge on any atom is 0.103 e. The first-order chi connectivity index (χ1) is 8.81. The van der Waals surface area contributed by atoms with Crippen molar-refractivity contribution in [3.8, 4) is 6.07 Å². The fourth-order valence-electron chi connectivity index (χ4n) is 1.68. The van der Waals surface area contributed by atoms with Gasteiger partial charge in [-0.25, -0.2) is 0 Å². The molecule has 92 valence electrons. The number of hydrogen-bond donors (Lipinski definition) is 1. The zero-order valence-corrected chi connectivity index (χ0v) is 10.6. The monoisotopic (exact) mass is 260 g/mol. The van der Waals surface area contributed by atoms with Gasteiger partial charge >= 0.3 is 0 Å². The van der Waals surface area contributed by atoms with E-state index in [1.807, 2.05) is 29.1 Å². The Morgan fingerprint density at radius 2 is 2.28 bits per heavy atom. The number of nitrogens with one attached hydrogen (secondary N) is 1. The van der Waals surface area contributed by atoms with Gasteiger partial charge in [-0.15, -0.1) is 0 Å². The van der Waals surface area contributed by atoms with Gasteiger partial charge in [-0.2, -0.15) is 10.4 Å². The molecule has 5 heteroatoms. The van der Waals surface area contributed by atoms with Crippen LogP contribution in [0.4, 0.5) is 5.69 Å². The molecule has 18 heavy (non-hydrogen) atoms. The van der Waals surface area contributed by atoms with E-state index in [4.69, 9.17) is 16.9 Å². The van der Waals surface area contributed by atoms with E-state index in [0.29, 0.717) is 10.6 Å². The molecule has 0 saturated heterocycles. The minimum atomic E-state index is 0.481. The van der Waals surface area contributed by atoms with Crippen LogP contribution in [0.1, 0.15) is 12.0 Å². The number of halogens is 1. The van der Waals surface area contributed by atoms with Crippen LogP contribution in [0, 0.1) is 11.3 Å². The molecule has 4 nitrogen and oxygen atoms in total. The van der Waals surface area contributed by atoms with E-state index in [2.05, 4.69) is 16.5 Å². The lowest BCUT2D eigenvalue weighted by Crippen LogP contribution is -2.08. The van der Waals surface area contributed by atoms with Crippen LogP contribution in [0.5, 0.6) is 0 Å². The molecule has 2 aromatic rings. The van der Waals surface area contributed by atoms with Crippen molar-refractivity contribution in [1.29, 1.82) is 5.26 Å². The van der Waals surface area contributed by atoms with E-state index in [9.17, 15) is 0 Å². The Balaban J connectivity index is 1.87. The minimum Gasteiger partial charge on any atom is -0.384 e. The van der Waals surface area contributed by atoms with E-state index < -0.39 is 0 Å². The summed E-state index contributed by atoms with van der Waals surface area (Å²) in [4.78, 5) is 0. The molecule has 1 aromatic carbocycles. The van der Waals surface area contributed by atoms with Gasteiger partial charge in [0.2, 0.25) is 0 Å². The maximum absolute atomic E-state index is 9.02. The molecule has 0 aliphatic carbocycles. The molecule has 0 atom stereocenters. The molecule has 0 spiro atoms. The average Bonchev–Trinajstić information content (AvgIpc) is 2.88.